The van der Waals surface area contributed by atoms with Crippen molar-refractivity contribution in [1.82, 2.24) is 14.9 Å². The number of imidazole rings is 1. The summed E-state index contributed by atoms with van der Waals surface area (Å²) in [6.45, 7) is 4.52. The van der Waals surface area contributed by atoms with E-state index < -0.39 is 0 Å². The van der Waals surface area contributed by atoms with Crippen LogP contribution >= 0.6 is 0 Å². The Morgan fingerprint density at radius 2 is 2.14 bits per heavy atom. The molecule has 0 bridgehead atoms. The van der Waals surface area contributed by atoms with Gasteiger partial charge in [-0.15, -0.1) is 0 Å². The van der Waals surface area contributed by atoms with Crippen LogP contribution in [0.25, 0.3) is 0 Å². The lowest BCUT2D eigenvalue weighted by molar-refractivity contribution is 0.699. The lowest BCUT2D eigenvalue weighted by Crippen LogP contribution is -2.33. The molecule has 0 aliphatic heterocycles. The Balaban J connectivity index is 1.82. The van der Waals surface area contributed by atoms with Crippen LogP contribution in [0.5, 0.6) is 0 Å². The third-order valence-corrected chi connectivity index (χ3v) is 3.45. The molecule has 1 aromatic carbocycles. The number of nitrogens with two attached hydrogens (primary N) is 1. The zero-order chi connectivity index (χ0) is 15.6. The van der Waals surface area contributed by atoms with E-state index in [-0.39, 0.29) is 0 Å². The molecule has 0 atom stereocenters. The predicted molar refractivity (Wildman–Crippen MR) is 90.9 cm³/mol. The molecule has 118 valence electrons. The highest BCUT2D eigenvalue weighted by Crippen LogP contribution is 2.05. The molecule has 0 saturated carbocycles. The van der Waals surface area contributed by atoms with Gasteiger partial charge in [0, 0.05) is 38.4 Å². The summed E-state index contributed by atoms with van der Waals surface area (Å²) < 4.78 is 2.17. The third-order valence-electron chi connectivity index (χ3n) is 3.45. The lowest BCUT2D eigenvalue weighted by Gasteiger charge is -2.09. The molecule has 0 amide bonds. The van der Waals surface area contributed by atoms with Crippen molar-refractivity contribution in [1.29, 1.82) is 0 Å². The van der Waals surface area contributed by atoms with E-state index in [9.17, 15) is 0 Å². The Hall–Kier alpha value is -2.30. The van der Waals surface area contributed by atoms with Crippen LogP contribution in [0.3, 0.4) is 0 Å². The first-order chi connectivity index (χ1) is 10.8. The van der Waals surface area contributed by atoms with Gasteiger partial charge in [0.15, 0.2) is 5.96 Å². The summed E-state index contributed by atoms with van der Waals surface area (Å²) in [5.41, 5.74) is 7.10. The van der Waals surface area contributed by atoms with Crippen molar-refractivity contribution in [3.05, 3.63) is 54.1 Å². The number of aromatic nitrogens is 2. The SMILES string of the molecule is CCCCN=C(N)NCCc1nccn1Cc1ccccc1. The van der Waals surface area contributed by atoms with Crippen molar-refractivity contribution in [3.8, 4) is 0 Å². The Bertz CT molecular complexity index is 574. The molecule has 0 saturated heterocycles. The molecule has 22 heavy (non-hydrogen) atoms. The normalized spacial score (nSPS) is 11.6. The van der Waals surface area contributed by atoms with E-state index in [4.69, 9.17) is 5.73 Å². The maximum atomic E-state index is 5.83. The predicted octanol–water partition coefficient (Wildman–Crippen LogP) is 2.18. The van der Waals surface area contributed by atoms with Crippen molar-refractivity contribution >= 4 is 5.96 Å². The number of hydrogen-bond donors (Lipinski definition) is 2. The quantitative estimate of drug-likeness (QED) is 0.446. The van der Waals surface area contributed by atoms with Crippen molar-refractivity contribution in [2.45, 2.75) is 32.7 Å². The van der Waals surface area contributed by atoms with Crippen molar-refractivity contribution in [2.24, 2.45) is 10.7 Å². The van der Waals surface area contributed by atoms with E-state index in [2.05, 4.69) is 51.0 Å². The second-order valence-electron chi connectivity index (χ2n) is 5.25. The smallest absolute Gasteiger partial charge is 0.188 e. The van der Waals surface area contributed by atoms with Crippen LogP contribution < -0.4 is 11.1 Å². The van der Waals surface area contributed by atoms with Crippen molar-refractivity contribution in [3.63, 3.8) is 0 Å². The largest absolute Gasteiger partial charge is 0.370 e. The molecule has 1 aromatic heterocycles. The van der Waals surface area contributed by atoms with Gasteiger partial charge < -0.3 is 15.6 Å². The number of rotatable bonds is 8. The van der Waals surface area contributed by atoms with Gasteiger partial charge in [0.05, 0.1) is 0 Å². The van der Waals surface area contributed by atoms with E-state index in [1.54, 1.807) is 0 Å². The second-order valence-corrected chi connectivity index (χ2v) is 5.25. The van der Waals surface area contributed by atoms with Gasteiger partial charge in [0.1, 0.15) is 5.82 Å². The number of guanidine groups is 1. The zero-order valence-electron chi connectivity index (χ0n) is 13.2. The molecule has 3 N–H and O–H groups in total. The van der Waals surface area contributed by atoms with Crippen molar-refractivity contribution < 1.29 is 0 Å². The summed E-state index contributed by atoms with van der Waals surface area (Å²) in [6, 6.07) is 10.4. The first-order valence-electron chi connectivity index (χ1n) is 7.87. The van der Waals surface area contributed by atoms with Crippen LogP contribution in [-0.2, 0) is 13.0 Å². The first kappa shape index (κ1) is 16.1. The number of nitrogens with one attached hydrogen (secondary N) is 1. The van der Waals surface area contributed by atoms with Crippen LogP contribution in [-0.4, -0.2) is 28.6 Å². The minimum Gasteiger partial charge on any atom is -0.370 e. The fraction of sp³-hybridized carbons (Fsp3) is 0.412. The van der Waals surface area contributed by atoms with E-state index in [1.165, 1.54) is 5.56 Å². The van der Waals surface area contributed by atoms with Crippen LogP contribution in [0.1, 0.15) is 31.2 Å². The molecule has 0 aliphatic carbocycles. The Labute approximate surface area is 132 Å². The number of nitrogens with zero attached hydrogens (tertiary/aromatic N) is 3. The van der Waals surface area contributed by atoms with E-state index in [1.807, 2.05) is 18.5 Å². The summed E-state index contributed by atoms with van der Waals surface area (Å²) in [5, 5.41) is 3.15. The number of aliphatic imine (C=N–C) groups is 1. The Morgan fingerprint density at radius 1 is 1.32 bits per heavy atom. The fourth-order valence-electron chi connectivity index (χ4n) is 2.21. The average Bonchev–Trinajstić information content (AvgIpc) is 2.96. The highest BCUT2D eigenvalue weighted by molar-refractivity contribution is 5.77. The minimum atomic E-state index is 0.523. The summed E-state index contributed by atoms with van der Waals surface area (Å²) in [6.07, 6.45) is 6.89. The van der Waals surface area contributed by atoms with E-state index in [0.717, 1.165) is 44.7 Å². The van der Waals surface area contributed by atoms with E-state index >= 15 is 0 Å². The monoisotopic (exact) mass is 299 g/mol. The van der Waals surface area contributed by atoms with Crippen LogP contribution in [0.4, 0.5) is 0 Å². The molecule has 2 rings (SSSR count). The van der Waals surface area contributed by atoms with Gasteiger partial charge in [-0.1, -0.05) is 43.7 Å². The van der Waals surface area contributed by atoms with Gasteiger partial charge in [0.2, 0.25) is 0 Å². The molecule has 5 heteroatoms. The molecule has 5 nitrogen and oxygen atoms in total. The van der Waals surface area contributed by atoms with Crippen molar-refractivity contribution in [2.75, 3.05) is 13.1 Å². The Kier molecular flexibility index (Phi) is 6.48. The molecule has 2 aromatic rings. The molecule has 0 radical (unpaired) electrons. The molecule has 0 spiro atoms. The van der Waals surface area contributed by atoms with Gasteiger partial charge in [-0.2, -0.15) is 0 Å². The van der Waals surface area contributed by atoms with E-state index in [0.29, 0.717) is 5.96 Å². The fourth-order valence-corrected chi connectivity index (χ4v) is 2.21. The first-order valence-corrected chi connectivity index (χ1v) is 7.87. The van der Waals surface area contributed by atoms with Crippen LogP contribution in [0.15, 0.2) is 47.7 Å². The molecular formula is C17H25N5. The third kappa shape index (κ3) is 5.24. The average molecular weight is 299 g/mol. The highest BCUT2D eigenvalue weighted by Gasteiger charge is 2.03. The molecule has 0 aliphatic rings. The maximum absolute atomic E-state index is 5.83. The summed E-state index contributed by atoms with van der Waals surface area (Å²) in [5.74, 6) is 1.58. The molecule has 0 fully saturated rings. The summed E-state index contributed by atoms with van der Waals surface area (Å²) >= 11 is 0. The highest BCUT2D eigenvalue weighted by atomic mass is 15.1. The van der Waals surface area contributed by atoms with Gasteiger partial charge in [-0.05, 0) is 12.0 Å². The van der Waals surface area contributed by atoms with Crippen LogP contribution in [0, 0.1) is 0 Å². The maximum Gasteiger partial charge on any atom is 0.188 e. The standard InChI is InChI=1S/C17H25N5/c1-2-3-10-20-17(18)21-11-9-16-19-12-13-22(16)14-15-7-5-4-6-8-15/h4-8,12-13H,2-3,9-11,14H2,1H3,(H3,18,20,21). The van der Waals surface area contributed by atoms with Gasteiger partial charge in [-0.3, -0.25) is 4.99 Å². The summed E-state index contributed by atoms with van der Waals surface area (Å²) in [7, 11) is 0. The van der Waals surface area contributed by atoms with Gasteiger partial charge in [0.25, 0.3) is 0 Å². The molecule has 0 unspecified atom stereocenters. The molecular weight excluding hydrogens is 274 g/mol. The zero-order valence-corrected chi connectivity index (χ0v) is 13.2. The number of unbranched alkanes of at least 4 members (excludes halogenated alkanes) is 1. The van der Waals surface area contributed by atoms with Gasteiger partial charge >= 0.3 is 0 Å². The topological polar surface area (TPSA) is 68.2 Å². The Morgan fingerprint density at radius 3 is 2.91 bits per heavy atom. The number of hydrogen-bond acceptors (Lipinski definition) is 2. The number of benzene rings is 1. The van der Waals surface area contributed by atoms with Gasteiger partial charge in [-0.25, -0.2) is 4.98 Å². The van der Waals surface area contributed by atoms with Crippen LogP contribution in [0.2, 0.25) is 0 Å². The lowest BCUT2D eigenvalue weighted by atomic mass is 10.2. The second kappa shape index (κ2) is 8.87. The summed E-state index contributed by atoms with van der Waals surface area (Å²) in [4.78, 5) is 8.71. The minimum absolute atomic E-state index is 0.523. The molecule has 1 heterocycles.